The average molecular weight is 192 g/mol. The SMILES string of the molecule is O=[N+]([O-])CC1OB(O)c2c[c]ccc21. The van der Waals surface area contributed by atoms with Crippen molar-refractivity contribution in [3.8, 4) is 0 Å². The van der Waals surface area contributed by atoms with Crippen LogP contribution in [0.15, 0.2) is 18.2 Å². The van der Waals surface area contributed by atoms with Crippen molar-refractivity contribution < 1.29 is 14.6 Å². The van der Waals surface area contributed by atoms with Gasteiger partial charge in [-0.25, -0.2) is 0 Å². The van der Waals surface area contributed by atoms with Crippen LogP contribution in [0.5, 0.6) is 0 Å². The second-order valence-electron chi connectivity index (χ2n) is 3.05. The third-order valence-electron chi connectivity index (χ3n) is 2.15. The van der Waals surface area contributed by atoms with Crippen LogP contribution in [0.25, 0.3) is 0 Å². The third kappa shape index (κ3) is 1.49. The Balaban J connectivity index is 2.29. The van der Waals surface area contributed by atoms with E-state index < -0.39 is 18.1 Å². The summed E-state index contributed by atoms with van der Waals surface area (Å²) < 4.78 is 5.04. The zero-order valence-corrected chi connectivity index (χ0v) is 7.21. The van der Waals surface area contributed by atoms with Crippen LogP contribution in [0.2, 0.25) is 0 Å². The number of hydrogen-bond donors (Lipinski definition) is 1. The molecule has 0 aromatic heterocycles. The molecule has 0 aliphatic carbocycles. The zero-order valence-electron chi connectivity index (χ0n) is 7.21. The lowest BCUT2D eigenvalue weighted by Crippen LogP contribution is -2.27. The molecule has 2 rings (SSSR count). The lowest BCUT2D eigenvalue weighted by atomic mass is 9.79. The summed E-state index contributed by atoms with van der Waals surface area (Å²) >= 11 is 0. The molecule has 0 saturated heterocycles. The van der Waals surface area contributed by atoms with Gasteiger partial charge in [-0.2, -0.15) is 0 Å². The summed E-state index contributed by atoms with van der Waals surface area (Å²) in [5.74, 6) is 0. The summed E-state index contributed by atoms with van der Waals surface area (Å²) in [6, 6.07) is 7.70. The molecule has 1 heterocycles. The standard InChI is InChI=1S/C8H7BNO4/c11-9-7-4-2-1-3-6(7)8(14-9)5-10(12)13/h1,3-4,8,11H,5H2. The molecular formula is C8H7BNO4. The first-order valence-corrected chi connectivity index (χ1v) is 4.13. The lowest BCUT2D eigenvalue weighted by molar-refractivity contribution is -0.490. The summed E-state index contributed by atoms with van der Waals surface area (Å²) in [6.07, 6.45) is -0.649. The van der Waals surface area contributed by atoms with Gasteiger partial charge in [-0.1, -0.05) is 18.2 Å². The molecule has 6 heteroatoms. The number of nitrogens with zero attached hydrogens (tertiary/aromatic N) is 1. The maximum atomic E-state index is 10.3. The number of fused-ring (bicyclic) bond motifs is 1. The summed E-state index contributed by atoms with van der Waals surface area (Å²) in [5, 5.41) is 19.7. The Hall–Kier alpha value is -1.40. The maximum absolute atomic E-state index is 10.3. The first kappa shape index (κ1) is 9.17. The van der Waals surface area contributed by atoms with Crippen molar-refractivity contribution in [1.82, 2.24) is 0 Å². The largest absolute Gasteiger partial charge is 0.492 e. The van der Waals surface area contributed by atoms with E-state index in [1.54, 1.807) is 18.2 Å². The monoisotopic (exact) mass is 192 g/mol. The van der Waals surface area contributed by atoms with E-state index in [1.165, 1.54) is 0 Å². The van der Waals surface area contributed by atoms with Crippen LogP contribution in [0.4, 0.5) is 0 Å². The van der Waals surface area contributed by atoms with E-state index in [0.29, 0.717) is 11.0 Å². The summed E-state index contributed by atoms with van der Waals surface area (Å²) in [7, 11) is -1.06. The van der Waals surface area contributed by atoms with Crippen molar-refractivity contribution >= 4 is 12.6 Å². The Morgan fingerprint density at radius 3 is 3.29 bits per heavy atom. The number of rotatable bonds is 2. The van der Waals surface area contributed by atoms with E-state index >= 15 is 0 Å². The Bertz CT molecular complexity index is 370. The average Bonchev–Trinajstić information content (AvgIpc) is 2.44. The first-order valence-electron chi connectivity index (χ1n) is 4.13. The van der Waals surface area contributed by atoms with E-state index in [1.807, 2.05) is 0 Å². The molecule has 0 saturated carbocycles. The Kier molecular flexibility index (Phi) is 2.22. The molecule has 1 aliphatic rings. The number of nitro groups is 1. The second kappa shape index (κ2) is 3.40. The minimum absolute atomic E-state index is 0.325. The fourth-order valence-electron chi connectivity index (χ4n) is 1.54. The summed E-state index contributed by atoms with van der Waals surface area (Å²) in [5.41, 5.74) is 1.24. The molecule has 5 nitrogen and oxygen atoms in total. The molecule has 0 amide bonds. The molecule has 0 spiro atoms. The van der Waals surface area contributed by atoms with Crippen LogP contribution < -0.4 is 5.46 Å². The Morgan fingerprint density at radius 2 is 2.57 bits per heavy atom. The van der Waals surface area contributed by atoms with Gasteiger partial charge in [0.1, 0.15) is 6.10 Å². The number of hydrogen-bond acceptors (Lipinski definition) is 4. The van der Waals surface area contributed by atoms with Crippen LogP contribution >= 0.6 is 0 Å². The highest BCUT2D eigenvalue weighted by Gasteiger charge is 2.37. The smallest absolute Gasteiger partial charge is 0.423 e. The third-order valence-corrected chi connectivity index (χ3v) is 2.15. The highest BCUT2D eigenvalue weighted by atomic mass is 16.6. The van der Waals surface area contributed by atoms with Gasteiger partial charge in [0.25, 0.3) is 0 Å². The second-order valence-corrected chi connectivity index (χ2v) is 3.05. The summed E-state index contributed by atoms with van der Waals surface area (Å²) in [4.78, 5) is 9.85. The van der Waals surface area contributed by atoms with E-state index in [4.69, 9.17) is 4.65 Å². The molecule has 1 aromatic carbocycles. The van der Waals surface area contributed by atoms with E-state index in [2.05, 4.69) is 6.07 Å². The molecule has 71 valence electrons. The Labute approximate surface area is 80.6 Å². The van der Waals surface area contributed by atoms with Gasteiger partial charge in [-0.3, -0.25) is 10.1 Å². The minimum atomic E-state index is -1.06. The predicted molar refractivity (Wildman–Crippen MR) is 48.6 cm³/mol. The minimum Gasteiger partial charge on any atom is -0.423 e. The molecular weight excluding hydrogens is 185 g/mol. The Morgan fingerprint density at radius 1 is 1.79 bits per heavy atom. The van der Waals surface area contributed by atoms with Crippen molar-refractivity contribution in [3.63, 3.8) is 0 Å². The molecule has 1 atom stereocenters. The van der Waals surface area contributed by atoms with E-state index in [-0.39, 0.29) is 6.54 Å². The van der Waals surface area contributed by atoms with Gasteiger partial charge >= 0.3 is 7.12 Å². The molecule has 14 heavy (non-hydrogen) atoms. The highest BCUT2D eigenvalue weighted by molar-refractivity contribution is 6.61. The highest BCUT2D eigenvalue weighted by Crippen LogP contribution is 2.22. The van der Waals surface area contributed by atoms with Crippen molar-refractivity contribution in [3.05, 3.63) is 39.9 Å². The van der Waals surface area contributed by atoms with Crippen LogP contribution in [0, 0.1) is 16.2 Å². The molecule has 1 aliphatic heterocycles. The predicted octanol–water partition coefficient (Wildman–Crippen LogP) is -0.478. The number of benzene rings is 1. The van der Waals surface area contributed by atoms with Gasteiger partial charge in [-0.15, -0.1) is 0 Å². The quantitative estimate of drug-likeness (QED) is 0.390. The first-order chi connectivity index (χ1) is 6.68. The van der Waals surface area contributed by atoms with Crippen LogP contribution in [-0.2, 0) is 4.65 Å². The van der Waals surface area contributed by atoms with Crippen molar-refractivity contribution in [1.29, 1.82) is 0 Å². The van der Waals surface area contributed by atoms with Gasteiger partial charge in [0.2, 0.25) is 6.54 Å². The van der Waals surface area contributed by atoms with Gasteiger partial charge in [-0.05, 0) is 17.1 Å². The van der Waals surface area contributed by atoms with Gasteiger partial charge in [0, 0.05) is 4.92 Å². The summed E-state index contributed by atoms with van der Waals surface area (Å²) in [6.45, 7) is -0.325. The van der Waals surface area contributed by atoms with Crippen LogP contribution in [0.3, 0.4) is 0 Å². The topological polar surface area (TPSA) is 72.6 Å². The van der Waals surface area contributed by atoms with Gasteiger partial charge in [0.05, 0.1) is 0 Å². The van der Waals surface area contributed by atoms with E-state index in [9.17, 15) is 15.1 Å². The van der Waals surface area contributed by atoms with Crippen molar-refractivity contribution in [2.24, 2.45) is 0 Å². The molecule has 1 N–H and O–H groups in total. The van der Waals surface area contributed by atoms with Gasteiger partial charge in [0.15, 0.2) is 0 Å². The zero-order chi connectivity index (χ0) is 10.1. The van der Waals surface area contributed by atoms with Crippen molar-refractivity contribution in [2.75, 3.05) is 6.54 Å². The maximum Gasteiger partial charge on any atom is 0.492 e. The lowest BCUT2D eigenvalue weighted by Gasteiger charge is -2.05. The molecule has 0 bridgehead atoms. The molecule has 1 radical (unpaired) electrons. The molecule has 0 fully saturated rings. The van der Waals surface area contributed by atoms with Gasteiger partial charge < -0.3 is 9.68 Å². The normalized spacial score (nSPS) is 19.5. The molecule has 1 aromatic rings. The van der Waals surface area contributed by atoms with Crippen LogP contribution in [0.1, 0.15) is 11.7 Å². The van der Waals surface area contributed by atoms with E-state index in [0.717, 1.165) is 0 Å². The van der Waals surface area contributed by atoms with Crippen LogP contribution in [-0.4, -0.2) is 23.6 Å². The van der Waals surface area contributed by atoms with Crippen molar-refractivity contribution in [2.45, 2.75) is 6.10 Å². The molecule has 1 unspecified atom stereocenters. The fourth-order valence-corrected chi connectivity index (χ4v) is 1.54. The fraction of sp³-hybridized carbons (Fsp3) is 0.250.